The van der Waals surface area contributed by atoms with Crippen molar-refractivity contribution in [3.63, 3.8) is 0 Å². The van der Waals surface area contributed by atoms with Gasteiger partial charge >= 0.3 is 0 Å². The van der Waals surface area contributed by atoms with Gasteiger partial charge in [0, 0.05) is 0 Å². The predicted octanol–water partition coefficient (Wildman–Crippen LogP) is 1.96. The Morgan fingerprint density at radius 3 is 1.93 bits per heavy atom. The van der Waals surface area contributed by atoms with Crippen LogP contribution in [0.4, 0.5) is 0 Å². The topological polar surface area (TPSA) is 104 Å². The highest BCUT2D eigenvalue weighted by Crippen LogP contribution is 2.37. The van der Waals surface area contributed by atoms with Crippen LogP contribution >= 0.6 is 0 Å². The second-order valence-electron chi connectivity index (χ2n) is 4.09. The summed E-state index contributed by atoms with van der Waals surface area (Å²) < 4.78 is 0. The third-order valence-corrected chi connectivity index (χ3v) is 3.05. The SMILES string of the molecule is CC.CC1([C@H](N)C(N)=O)CCCCC1.N. The van der Waals surface area contributed by atoms with Gasteiger partial charge in [0.15, 0.2) is 0 Å². The van der Waals surface area contributed by atoms with Crippen molar-refractivity contribution in [2.45, 2.75) is 58.9 Å². The number of rotatable bonds is 2. The summed E-state index contributed by atoms with van der Waals surface area (Å²) in [5, 5.41) is 0. The zero-order chi connectivity index (χ0) is 11.2. The molecule has 0 aromatic heterocycles. The van der Waals surface area contributed by atoms with Crippen LogP contribution in [0.1, 0.15) is 52.9 Å². The molecule has 0 aromatic rings. The molecule has 0 radical (unpaired) electrons. The highest BCUT2D eigenvalue weighted by atomic mass is 16.1. The second-order valence-corrected chi connectivity index (χ2v) is 4.09. The standard InChI is InChI=1S/C9H18N2O.C2H6.H3N/c1-9(7(10)8(11)12)5-3-2-4-6-9;1-2;/h7H,2-6,10H2,1H3,(H2,11,12);1-2H3;1H3/t7-;;/m1../s1. The van der Waals surface area contributed by atoms with Gasteiger partial charge in [-0.25, -0.2) is 0 Å². The van der Waals surface area contributed by atoms with Crippen LogP contribution in [0.5, 0.6) is 0 Å². The number of hydrogen-bond acceptors (Lipinski definition) is 3. The van der Waals surface area contributed by atoms with E-state index >= 15 is 0 Å². The normalized spacial score (nSPS) is 20.3. The van der Waals surface area contributed by atoms with Crippen LogP contribution in [0.3, 0.4) is 0 Å². The summed E-state index contributed by atoms with van der Waals surface area (Å²) in [6.45, 7) is 6.07. The molecule has 1 rings (SSSR count). The molecule has 0 bridgehead atoms. The van der Waals surface area contributed by atoms with Gasteiger partial charge < -0.3 is 17.6 Å². The molecule has 0 aliphatic heterocycles. The average molecular weight is 217 g/mol. The number of carbonyl (C=O) groups excluding carboxylic acids is 1. The number of hydrogen-bond donors (Lipinski definition) is 3. The Balaban J connectivity index is 0. The fraction of sp³-hybridized carbons (Fsp3) is 0.909. The molecule has 1 atom stereocenters. The van der Waals surface area contributed by atoms with E-state index in [1.54, 1.807) is 0 Å². The Labute approximate surface area is 93.4 Å². The van der Waals surface area contributed by atoms with Gasteiger partial charge in [-0.2, -0.15) is 0 Å². The third kappa shape index (κ3) is 4.62. The van der Waals surface area contributed by atoms with Gasteiger partial charge in [0.25, 0.3) is 0 Å². The smallest absolute Gasteiger partial charge is 0.234 e. The lowest BCUT2D eigenvalue weighted by atomic mass is 9.70. The third-order valence-electron chi connectivity index (χ3n) is 3.05. The van der Waals surface area contributed by atoms with Gasteiger partial charge in [-0.05, 0) is 18.3 Å². The summed E-state index contributed by atoms with van der Waals surface area (Å²) in [6.07, 6.45) is 5.70. The van der Waals surface area contributed by atoms with Crippen molar-refractivity contribution in [2.75, 3.05) is 0 Å². The molecule has 1 saturated carbocycles. The van der Waals surface area contributed by atoms with Crippen LogP contribution in [0.2, 0.25) is 0 Å². The van der Waals surface area contributed by atoms with Gasteiger partial charge in [-0.1, -0.05) is 40.0 Å². The van der Waals surface area contributed by atoms with Crippen molar-refractivity contribution in [3.8, 4) is 0 Å². The number of amides is 1. The summed E-state index contributed by atoms with van der Waals surface area (Å²) in [4.78, 5) is 10.9. The summed E-state index contributed by atoms with van der Waals surface area (Å²) in [7, 11) is 0. The van der Waals surface area contributed by atoms with Crippen LogP contribution in [0.25, 0.3) is 0 Å². The quantitative estimate of drug-likeness (QED) is 0.658. The van der Waals surface area contributed by atoms with Crippen LogP contribution in [0.15, 0.2) is 0 Å². The van der Waals surface area contributed by atoms with Crippen molar-refractivity contribution in [2.24, 2.45) is 16.9 Å². The molecule has 0 heterocycles. The molecule has 0 aromatic carbocycles. The zero-order valence-electron chi connectivity index (χ0n) is 10.4. The lowest BCUT2D eigenvalue weighted by molar-refractivity contribution is -0.122. The van der Waals surface area contributed by atoms with E-state index in [0.717, 1.165) is 12.8 Å². The molecule has 0 unspecified atom stereocenters. The van der Waals surface area contributed by atoms with Crippen molar-refractivity contribution in [1.82, 2.24) is 6.15 Å². The summed E-state index contributed by atoms with van der Waals surface area (Å²) >= 11 is 0. The molecule has 0 saturated heterocycles. The number of nitrogens with two attached hydrogens (primary N) is 2. The first-order valence-electron chi connectivity index (χ1n) is 5.61. The maximum Gasteiger partial charge on any atom is 0.234 e. The molecular formula is C11H27N3O. The van der Waals surface area contributed by atoms with Gasteiger partial charge in [-0.3, -0.25) is 4.79 Å². The second kappa shape index (κ2) is 7.65. The molecule has 0 spiro atoms. The van der Waals surface area contributed by atoms with Gasteiger partial charge in [-0.15, -0.1) is 0 Å². The molecule has 4 nitrogen and oxygen atoms in total. The van der Waals surface area contributed by atoms with Crippen molar-refractivity contribution in [3.05, 3.63) is 0 Å². The first kappa shape index (κ1) is 16.8. The Morgan fingerprint density at radius 2 is 1.60 bits per heavy atom. The fourth-order valence-corrected chi connectivity index (χ4v) is 2.01. The molecule has 92 valence electrons. The van der Waals surface area contributed by atoms with Crippen LogP contribution in [-0.4, -0.2) is 11.9 Å². The van der Waals surface area contributed by atoms with E-state index in [9.17, 15) is 4.79 Å². The Morgan fingerprint density at radius 1 is 1.20 bits per heavy atom. The average Bonchev–Trinajstić information content (AvgIpc) is 2.21. The zero-order valence-corrected chi connectivity index (χ0v) is 10.4. The van der Waals surface area contributed by atoms with E-state index in [0.29, 0.717) is 0 Å². The Bertz CT molecular complexity index is 177. The molecule has 7 N–H and O–H groups in total. The van der Waals surface area contributed by atoms with E-state index in [-0.39, 0.29) is 17.5 Å². The number of primary amides is 1. The van der Waals surface area contributed by atoms with Gasteiger partial charge in [0.1, 0.15) is 0 Å². The van der Waals surface area contributed by atoms with Crippen LogP contribution in [0, 0.1) is 5.41 Å². The first-order valence-corrected chi connectivity index (χ1v) is 5.61. The lowest BCUT2D eigenvalue weighted by Gasteiger charge is -2.37. The molecular weight excluding hydrogens is 190 g/mol. The predicted molar refractivity (Wildman–Crippen MR) is 64.7 cm³/mol. The summed E-state index contributed by atoms with van der Waals surface area (Å²) in [6, 6.07) is -0.460. The molecule has 1 aliphatic rings. The van der Waals surface area contributed by atoms with Gasteiger partial charge in [0.2, 0.25) is 5.91 Å². The minimum atomic E-state index is -0.460. The molecule has 1 fully saturated rings. The maximum absolute atomic E-state index is 10.9. The molecule has 15 heavy (non-hydrogen) atoms. The molecule has 4 heteroatoms. The van der Waals surface area contributed by atoms with Crippen LogP contribution < -0.4 is 17.6 Å². The van der Waals surface area contributed by atoms with Crippen molar-refractivity contribution in [1.29, 1.82) is 0 Å². The highest BCUT2D eigenvalue weighted by molar-refractivity contribution is 5.80. The summed E-state index contributed by atoms with van der Waals surface area (Å²) in [5.41, 5.74) is 10.9. The first-order chi connectivity index (χ1) is 6.56. The minimum absolute atomic E-state index is 0. The van der Waals surface area contributed by atoms with E-state index < -0.39 is 6.04 Å². The van der Waals surface area contributed by atoms with E-state index in [1.165, 1.54) is 19.3 Å². The largest absolute Gasteiger partial charge is 0.368 e. The number of carbonyl (C=O) groups is 1. The van der Waals surface area contributed by atoms with E-state index in [2.05, 4.69) is 6.92 Å². The monoisotopic (exact) mass is 217 g/mol. The highest BCUT2D eigenvalue weighted by Gasteiger charge is 2.36. The van der Waals surface area contributed by atoms with Crippen molar-refractivity contribution < 1.29 is 4.79 Å². The molecule has 1 aliphatic carbocycles. The maximum atomic E-state index is 10.9. The lowest BCUT2D eigenvalue weighted by Crippen LogP contribution is -2.49. The Kier molecular flexibility index (Phi) is 8.57. The molecule has 1 amide bonds. The van der Waals surface area contributed by atoms with E-state index in [1.807, 2.05) is 13.8 Å². The fourth-order valence-electron chi connectivity index (χ4n) is 2.01. The van der Waals surface area contributed by atoms with Crippen molar-refractivity contribution >= 4 is 5.91 Å². The van der Waals surface area contributed by atoms with Crippen LogP contribution in [-0.2, 0) is 4.79 Å². The van der Waals surface area contributed by atoms with E-state index in [4.69, 9.17) is 11.5 Å². The summed E-state index contributed by atoms with van der Waals surface area (Å²) in [5.74, 6) is -0.362. The Hall–Kier alpha value is -0.610. The van der Waals surface area contributed by atoms with Gasteiger partial charge in [0.05, 0.1) is 6.04 Å². The minimum Gasteiger partial charge on any atom is -0.368 e.